The molecule has 0 spiro atoms. The van der Waals surface area contributed by atoms with Crippen LogP contribution in [0.1, 0.15) is 104 Å². The Morgan fingerprint density at radius 3 is 1.79 bits per heavy atom. The summed E-state index contributed by atoms with van der Waals surface area (Å²) in [6.07, 6.45) is 15.2. The maximum atomic E-state index is 2.42. The molecule has 0 N–H and O–H groups in total. The molecule has 0 unspecified atom stereocenters. The highest BCUT2D eigenvalue weighted by molar-refractivity contribution is 8.00. The van der Waals surface area contributed by atoms with E-state index in [1.54, 1.807) is 0 Å². The van der Waals surface area contributed by atoms with Crippen LogP contribution in [0.2, 0.25) is 0 Å². The van der Waals surface area contributed by atoms with E-state index >= 15 is 0 Å². The van der Waals surface area contributed by atoms with Gasteiger partial charge < -0.3 is 0 Å². The monoisotopic (exact) mass is 346 g/mol. The Kier molecular flexibility index (Phi) is 7.72. The summed E-state index contributed by atoms with van der Waals surface area (Å²) in [5.41, 5.74) is 1.82. The largest absolute Gasteiger partial charge is 0.119 e. The third-order valence-corrected chi connectivity index (χ3v) is 7.92. The van der Waals surface area contributed by atoms with Crippen molar-refractivity contribution in [1.82, 2.24) is 0 Å². The molecule has 136 valence electrons. The lowest BCUT2D eigenvalue weighted by atomic mass is 9.80. The number of benzene rings is 1. The van der Waals surface area contributed by atoms with Crippen molar-refractivity contribution in [2.45, 2.75) is 113 Å². The van der Waals surface area contributed by atoms with Gasteiger partial charge in [0, 0.05) is 9.64 Å². The van der Waals surface area contributed by atoms with E-state index in [9.17, 15) is 0 Å². The van der Waals surface area contributed by atoms with E-state index in [1.165, 1.54) is 81.1 Å². The fourth-order valence-electron chi connectivity index (χ4n) is 4.07. The predicted molar refractivity (Wildman–Crippen MR) is 110 cm³/mol. The molecule has 1 aromatic rings. The second-order valence-electron chi connectivity index (χ2n) is 8.38. The van der Waals surface area contributed by atoms with Gasteiger partial charge in [0.05, 0.1) is 0 Å². The quantitative estimate of drug-likeness (QED) is 0.520. The number of thioether (sulfide) groups is 1. The van der Waals surface area contributed by atoms with E-state index in [0.717, 1.165) is 0 Å². The standard InChI is InChI=1S/C23H38S/c1-5-23(6-2)19-13-11-9-7-8-10-12-18-22(3,4)20-14-16-21(24-23)17-15-20/h14-17H,5-13,18-19H2,1-4H3. The highest BCUT2D eigenvalue weighted by Crippen LogP contribution is 2.43. The molecule has 0 saturated heterocycles. The molecule has 0 radical (unpaired) electrons. The molecular weight excluding hydrogens is 308 g/mol. The van der Waals surface area contributed by atoms with Crippen molar-refractivity contribution in [3.8, 4) is 0 Å². The first kappa shape index (κ1) is 19.9. The number of hydrogen-bond donors (Lipinski definition) is 0. The smallest absolute Gasteiger partial charge is 0.0202 e. The van der Waals surface area contributed by atoms with Gasteiger partial charge in [-0.25, -0.2) is 0 Å². The van der Waals surface area contributed by atoms with Crippen LogP contribution < -0.4 is 0 Å². The Morgan fingerprint density at radius 1 is 0.750 bits per heavy atom. The van der Waals surface area contributed by atoms with Crippen LogP contribution in [0.15, 0.2) is 29.2 Å². The van der Waals surface area contributed by atoms with E-state index in [0.29, 0.717) is 10.2 Å². The van der Waals surface area contributed by atoms with Crippen LogP contribution in [0.25, 0.3) is 0 Å². The second-order valence-corrected chi connectivity index (χ2v) is 9.92. The third kappa shape index (κ3) is 5.55. The molecule has 2 aliphatic heterocycles. The molecule has 0 fully saturated rings. The molecule has 0 nitrogen and oxygen atoms in total. The van der Waals surface area contributed by atoms with Crippen LogP contribution in [0, 0.1) is 0 Å². The molecule has 2 aliphatic rings. The molecule has 2 heterocycles. The number of rotatable bonds is 2. The SMILES string of the molecule is CCC1(CC)CCCCCCCCCC(C)(C)c2ccc(cc2)S1. The summed E-state index contributed by atoms with van der Waals surface area (Å²) in [5, 5.41) is 0. The van der Waals surface area contributed by atoms with Gasteiger partial charge in [-0.3, -0.25) is 0 Å². The minimum atomic E-state index is 0.312. The molecule has 24 heavy (non-hydrogen) atoms. The van der Waals surface area contributed by atoms with Gasteiger partial charge in [-0.2, -0.15) is 0 Å². The van der Waals surface area contributed by atoms with Crippen molar-refractivity contribution in [3.63, 3.8) is 0 Å². The molecule has 0 saturated carbocycles. The topological polar surface area (TPSA) is 0 Å². The van der Waals surface area contributed by atoms with Crippen molar-refractivity contribution in [3.05, 3.63) is 29.8 Å². The van der Waals surface area contributed by atoms with Gasteiger partial charge in [0.15, 0.2) is 0 Å². The van der Waals surface area contributed by atoms with Crippen molar-refractivity contribution in [2.75, 3.05) is 0 Å². The summed E-state index contributed by atoms with van der Waals surface area (Å²) in [4.78, 5) is 1.46. The third-order valence-electron chi connectivity index (χ3n) is 6.19. The van der Waals surface area contributed by atoms with Gasteiger partial charge in [-0.1, -0.05) is 84.8 Å². The van der Waals surface area contributed by atoms with Crippen LogP contribution in [0.3, 0.4) is 0 Å². The molecule has 0 atom stereocenters. The van der Waals surface area contributed by atoms with Crippen molar-refractivity contribution < 1.29 is 0 Å². The zero-order valence-electron chi connectivity index (χ0n) is 16.5. The summed E-state index contributed by atoms with van der Waals surface area (Å²) in [6.45, 7) is 9.60. The van der Waals surface area contributed by atoms with Crippen LogP contribution >= 0.6 is 11.8 Å². The van der Waals surface area contributed by atoms with Gasteiger partial charge in [-0.15, -0.1) is 11.8 Å². The molecule has 1 heteroatoms. The molecule has 1 aromatic carbocycles. The molecule has 3 rings (SSSR count). The Morgan fingerprint density at radius 2 is 1.25 bits per heavy atom. The van der Waals surface area contributed by atoms with E-state index in [1.807, 2.05) is 0 Å². The number of fused-ring (bicyclic) bond motifs is 13. The maximum absolute atomic E-state index is 2.42. The van der Waals surface area contributed by atoms with Gasteiger partial charge in [0.2, 0.25) is 0 Å². The molecule has 0 amide bonds. The zero-order chi connectivity index (χ0) is 17.5. The fraction of sp³-hybridized carbons (Fsp3) is 0.739. The van der Waals surface area contributed by atoms with Crippen LogP contribution in [0.5, 0.6) is 0 Å². The first-order valence-corrected chi connectivity index (χ1v) is 11.1. The summed E-state index contributed by atoms with van der Waals surface area (Å²) in [7, 11) is 0. The van der Waals surface area contributed by atoms with E-state index < -0.39 is 0 Å². The normalized spacial score (nSPS) is 22.3. The Labute approximate surface area is 155 Å². The lowest BCUT2D eigenvalue weighted by Gasteiger charge is -2.32. The molecule has 0 aromatic heterocycles. The van der Waals surface area contributed by atoms with Crippen LogP contribution in [0.4, 0.5) is 0 Å². The Hall–Kier alpha value is -0.430. The van der Waals surface area contributed by atoms with Crippen LogP contribution in [-0.2, 0) is 5.41 Å². The highest BCUT2D eigenvalue weighted by Gasteiger charge is 2.27. The Bertz CT molecular complexity index is 467. The first-order valence-electron chi connectivity index (χ1n) is 10.3. The maximum Gasteiger partial charge on any atom is 0.0202 e. The zero-order valence-corrected chi connectivity index (χ0v) is 17.3. The average molecular weight is 347 g/mol. The number of hydrogen-bond acceptors (Lipinski definition) is 1. The average Bonchev–Trinajstić information content (AvgIpc) is 2.59. The highest BCUT2D eigenvalue weighted by atomic mass is 32.2. The van der Waals surface area contributed by atoms with Crippen LogP contribution in [-0.4, -0.2) is 4.75 Å². The van der Waals surface area contributed by atoms with Crippen molar-refractivity contribution in [1.29, 1.82) is 0 Å². The lowest BCUT2D eigenvalue weighted by Crippen LogP contribution is -2.22. The fourth-order valence-corrected chi connectivity index (χ4v) is 5.37. The minimum absolute atomic E-state index is 0.312. The van der Waals surface area contributed by atoms with Crippen molar-refractivity contribution >= 4 is 11.8 Å². The van der Waals surface area contributed by atoms with Gasteiger partial charge in [-0.05, 0) is 48.8 Å². The summed E-state index contributed by atoms with van der Waals surface area (Å²) < 4.78 is 0.439. The van der Waals surface area contributed by atoms with Gasteiger partial charge >= 0.3 is 0 Å². The van der Waals surface area contributed by atoms with E-state index in [2.05, 4.69) is 63.7 Å². The Balaban J connectivity index is 2.19. The molecular formula is C23H38S. The minimum Gasteiger partial charge on any atom is -0.119 e. The summed E-state index contributed by atoms with van der Waals surface area (Å²) in [6, 6.07) is 9.55. The second kappa shape index (κ2) is 9.32. The first-order chi connectivity index (χ1) is 11.5. The lowest BCUT2D eigenvalue weighted by molar-refractivity contribution is 0.436. The predicted octanol–water partition coefficient (Wildman–Crippen LogP) is 8.14. The summed E-state index contributed by atoms with van der Waals surface area (Å²) in [5.74, 6) is 0. The molecule has 2 bridgehead atoms. The van der Waals surface area contributed by atoms with E-state index in [-0.39, 0.29) is 0 Å². The molecule has 0 aliphatic carbocycles. The van der Waals surface area contributed by atoms with Gasteiger partial charge in [0.1, 0.15) is 0 Å². The van der Waals surface area contributed by atoms with Crippen molar-refractivity contribution in [2.24, 2.45) is 0 Å². The summed E-state index contributed by atoms with van der Waals surface area (Å²) >= 11 is 2.14. The van der Waals surface area contributed by atoms with E-state index in [4.69, 9.17) is 0 Å². The van der Waals surface area contributed by atoms with Gasteiger partial charge in [0.25, 0.3) is 0 Å².